The zero-order chi connectivity index (χ0) is 32.0. The number of likely N-dealkylation sites (tertiary alicyclic amines) is 1. The first-order chi connectivity index (χ1) is 21.4. The summed E-state index contributed by atoms with van der Waals surface area (Å²) >= 11 is 13.2. The molecular weight excluding hydrogens is 611 g/mol. The van der Waals surface area contributed by atoms with Gasteiger partial charge in [0.15, 0.2) is 0 Å². The van der Waals surface area contributed by atoms with Crippen molar-refractivity contribution in [1.82, 2.24) is 4.90 Å². The van der Waals surface area contributed by atoms with E-state index in [-0.39, 0.29) is 29.0 Å². The van der Waals surface area contributed by atoms with Crippen molar-refractivity contribution >= 4 is 52.5 Å². The normalized spacial score (nSPS) is 29.4. The molecular formula is C36H32Cl2N2O5. The fourth-order valence-corrected chi connectivity index (χ4v) is 8.97. The maximum Gasteiger partial charge on any atom is 0.246 e. The molecule has 230 valence electrons. The summed E-state index contributed by atoms with van der Waals surface area (Å²) in [4.78, 5) is 60.3. The summed E-state index contributed by atoms with van der Waals surface area (Å²) in [5, 5.41) is 10.9. The number of phenolic OH excluding ortho intramolecular Hbond substituents is 1. The van der Waals surface area contributed by atoms with Crippen LogP contribution < -0.4 is 4.90 Å². The van der Waals surface area contributed by atoms with E-state index in [2.05, 4.69) is 0 Å². The van der Waals surface area contributed by atoms with Crippen molar-refractivity contribution < 1.29 is 24.3 Å². The zero-order valence-electron chi connectivity index (χ0n) is 25.0. The van der Waals surface area contributed by atoms with Crippen LogP contribution in [0.3, 0.4) is 0 Å². The highest BCUT2D eigenvalue weighted by Crippen LogP contribution is 2.65. The molecule has 2 aliphatic heterocycles. The number of phenols is 1. The molecule has 0 bridgehead atoms. The number of hydrogen-bond acceptors (Lipinski definition) is 5. The van der Waals surface area contributed by atoms with Crippen molar-refractivity contribution in [3.63, 3.8) is 0 Å². The first-order valence-electron chi connectivity index (χ1n) is 15.1. The minimum atomic E-state index is -1.42. The van der Waals surface area contributed by atoms with Gasteiger partial charge in [0.2, 0.25) is 23.6 Å². The molecule has 3 aromatic rings. The van der Waals surface area contributed by atoms with Gasteiger partial charge in [0, 0.05) is 21.5 Å². The van der Waals surface area contributed by atoms with Crippen molar-refractivity contribution in [3.8, 4) is 5.75 Å². The molecule has 9 heteroatoms. The Morgan fingerprint density at radius 1 is 0.844 bits per heavy atom. The van der Waals surface area contributed by atoms with E-state index in [0.29, 0.717) is 28.3 Å². The summed E-state index contributed by atoms with van der Waals surface area (Å²) < 4.78 is 0. The second-order valence-electron chi connectivity index (χ2n) is 13.5. The number of carbonyl (C=O) groups excluding carboxylic acids is 4. The molecule has 3 aromatic carbocycles. The van der Waals surface area contributed by atoms with Crippen LogP contribution in [0.25, 0.3) is 0 Å². The van der Waals surface area contributed by atoms with Crippen LogP contribution in [-0.2, 0) is 24.6 Å². The molecule has 7 rings (SSSR count). The van der Waals surface area contributed by atoms with Crippen molar-refractivity contribution in [3.05, 3.63) is 106 Å². The zero-order valence-corrected chi connectivity index (χ0v) is 26.5. The van der Waals surface area contributed by atoms with Crippen molar-refractivity contribution in [1.29, 1.82) is 0 Å². The fourth-order valence-electron chi connectivity index (χ4n) is 8.50. The Hall–Kier alpha value is -3.94. The van der Waals surface area contributed by atoms with Gasteiger partial charge in [-0.2, -0.15) is 0 Å². The third kappa shape index (κ3) is 4.16. The van der Waals surface area contributed by atoms with Crippen LogP contribution in [0.1, 0.15) is 50.7 Å². The molecule has 2 saturated heterocycles. The highest BCUT2D eigenvalue weighted by molar-refractivity contribution is 6.33. The number of halogens is 2. The Labute approximate surface area is 271 Å². The Morgan fingerprint density at radius 3 is 2.24 bits per heavy atom. The van der Waals surface area contributed by atoms with E-state index < -0.39 is 52.4 Å². The van der Waals surface area contributed by atoms with E-state index in [0.717, 1.165) is 5.57 Å². The van der Waals surface area contributed by atoms with Crippen molar-refractivity contribution in [2.75, 3.05) is 4.90 Å². The molecule has 7 nitrogen and oxygen atoms in total. The third-order valence-electron chi connectivity index (χ3n) is 10.1. The summed E-state index contributed by atoms with van der Waals surface area (Å²) in [6.45, 7) is 5.53. The minimum Gasteiger partial charge on any atom is -0.508 e. The number of amides is 4. The van der Waals surface area contributed by atoms with Crippen molar-refractivity contribution in [2.24, 2.45) is 23.7 Å². The van der Waals surface area contributed by atoms with E-state index in [1.54, 1.807) is 30.3 Å². The second-order valence-corrected chi connectivity index (χ2v) is 14.3. The largest absolute Gasteiger partial charge is 0.508 e. The summed E-state index contributed by atoms with van der Waals surface area (Å²) in [5.41, 5.74) is 0.255. The van der Waals surface area contributed by atoms with Crippen LogP contribution in [-0.4, -0.2) is 39.2 Å². The van der Waals surface area contributed by atoms with Crippen LogP contribution in [0.4, 0.5) is 5.69 Å². The van der Waals surface area contributed by atoms with Gasteiger partial charge in [-0.3, -0.25) is 24.1 Å². The summed E-state index contributed by atoms with van der Waals surface area (Å²) in [6, 6.07) is 20.6. The SMILES string of the molecule is CC(C)(C)N1C(=O)C2CC=C3C(CC4C(=O)N(c5cccc(Cl)c5)C(=O)C4(c4ccccc4)C3c3ccc(O)cc3Cl)C2C1=O. The Bertz CT molecular complexity index is 1820. The first-order valence-corrected chi connectivity index (χ1v) is 15.9. The maximum absolute atomic E-state index is 15.2. The van der Waals surface area contributed by atoms with E-state index in [9.17, 15) is 19.5 Å². The van der Waals surface area contributed by atoms with Gasteiger partial charge < -0.3 is 5.11 Å². The molecule has 1 saturated carbocycles. The van der Waals surface area contributed by atoms with E-state index in [4.69, 9.17) is 23.2 Å². The van der Waals surface area contributed by atoms with Gasteiger partial charge in [-0.15, -0.1) is 0 Å². The Balaban J connectivity index is 1.51. The van der Waals surface area contributed by atoms with Gasteiger partial charge in [-0.1, -0.05) is 77.3 Å². The lowest BCUT2D eigenvalue weighted by Crippen LogP contribution is -2.53. The number of anilines is 1. The van der Waals surface area contributed by atoms with Gasteiger partial charge in [0.25, 0.3) is 0 Å². The first kappa shape index (κ1) is 29.8. The van der Waals surface area contributed by atoms with Gasteiger partial charge in [0.1, 0.15) is 5.75 Å². The molecule has 2 heterocycles. The average molecular weight is 644 g/mol. The molecule has 6 atom stereocenters. The second kappa shape index (κ2) is 10.3. The van der Waals surface area contributed by atoms with Gasteiger partial charge in [-0.05, 0) is 81.0 Å². The van der Waals surface area contributed by atoms with Crippen LogP contribution in [0.2, 0.25) is 10.0 Å². The summed E-state index contributed by atoms with van der Waals surface area (Å²) in [5.74, 6) is -4.65. The average Bonchev–Trinajstić information content (AvgIpc) is 3.39. The fraction of sp³-hybridized carbons (Fsp3) is 0.333. The molecule has 2 aliphatic carbocycles. The molecule has 4 aliphatic rings. The molecule has 3 fully saturated rings. The highest BCUT2D eigenvalue weighted by atomic mass is 35.5. The molecule has 0 radical (unpaired) electrons. The van der Waals surface area contributed by atoms with Crippen LogP contribution in [0, 0.1) is 23.7 Å². The lowest BCUT2D eigenvalue weighted by Gasteiger charge is -2.51. The summed E-state index contributed by atoms with van der Waals surface area (Å²) in [6.07, 6.45) is 2.53. The third-order valence-corrected chi connectivity index (χ3v) is 10.7. The quantitative estimate of drug-likeness (QED) is 0.255. The molecule has 4 amide bonds. The standard InChI is InChI=1S/C36H32Cl2N2O5/c1-35(2,3)40-31(42)25-15-14-23-26(29(25)33(40)44)18-27-32(43)39(21-11-7-10-20(37)16-21)34(45)36(27,19-8-5-4-6-9-19)30(23)24-13-12-22(41)17-28(24)38/h4-14,16-17,25-27,29-30,41H,15,18H2,1-3H3. The molecule has 6 unspecified atom stereocenters. The number of hydrogen-bond donors (Lipinski definition) is 1. The number of rotatable bonds is 3. The maximum atomic E-state index is 15.2. The molecule has 0 aromatic heterocycles. The predicted molar refractivity (Wildman–Crippen MR) is 171 cm³/mol. The van der Waals surface area contributed by atoms with Gasteiger partial charge in [-0.25, -0.2) is 4.90 Å². The summed E-state index contributed by atoms with van der Waals surface area (Å²) in [7, 11) is 0. The van der Waals surface area contributed by atoms with E-state index in [1.165, 1.54) is 21.9 Å². The van der Waals surface area contributed by atoms with Gasteiger partial charge in [0.05, 0.1) is 28.9 Å². The lowest BCUT2D eigenvalue weighted by molar-refractivity contribution is -0.145. The number of nitrogens with zero attached hydrogens (tertiary/aromatic N) is 2. The van der Waals surface area contributed by atoms with Crippen LogP contribution in [0.5, 0.6) is 5.75 Å². The van der Waals surface area contributed by atoms with E-state index in [1.807, 2.05) is 57.2 Å². The number of allylic oxidation sites excluding steroid dienone is 2. The van der Waals surface area contributed by atoms with E-state index >= 15 is 4.79 Å². The molecule has 0 spiro atoms. The smallest absolute Gasteiger partial charge is 0.246 e. The topological polar surface area (TPSA) is 95.0 Å². The Morgan fingerprint density at radius 2 is 1.58 bits per heavy atom. The highest BCUT2D eigenvalue weighted by Gasteiger charge is 2.70. The molecule has 1 N–H and O–H groups in total. The number of aromatic hydroxyl groups is 1. The molecule has 45 heavy (non-hydrogen) atoms. The number of imide groups is 2. The number of carbonyl (C=O) groups is 4. The van der Waals surface area contributed by atoms with Crippen LogP contribution in [0.15, 0.2) is 84.4 Å². The Kier molecular flexibility index (Phi) is 6.81. The van der Waals surface area contributed by atoms with Crippen LogP contribution >= 0.6 is 23.2 Å². The monoisotopic (exact) mass is 642 g/mol. The number of fused-ring (bicyclic) bond motifs is 4. The van der Waals surface area contributed by atoms with Gasteiger partial charge >= 0.3 is 0 Å². The predicted octanol–water partition coefficient (Wildman–Crippen LogP) is 6.66. The minimum absolute atomic E-state index is 0.0362. The number of benzene rings is 3. The van der Waals surface area contributed by atoms with Crippen molar-refractivity contribution in [2.45, 2.75) is 50.5 Å². The lowest BCUT2D eigenvalue weighted by atomic mass is 9.49.